The van der Waals surface area contributed by atoms with Gasteiger partial charge in [-0.25, -0.2) is 4.98 Å². The van der Waals surface area contributed by atoms with E-state index in [1.54, 1.807) is 7.11 Å². The summed E-state index contributed by atoms with van der Waals surface area (Å²) < 4.78 is 5.25. The van der Waals surface area contributed by atoms with Crippen molar-refractivity contribution in [2.45, 2.75) is 6.92 Å². The topological polar surface area (TPSA) is 22.1 Å². The molecule has 0 N–H and O–H groups in total. The molecule has 0 saturated carbocycles. The van der Waals surface area contributed by atoms with Gasteiger partial charge in [0.15, 0.2) is 0 Å². The molecule has 0 aliphatic heterocycles. The quantitative estimate of drug-likeness (QED) is 0.683. The molecule has 1 heterocycles. The molecule has 20 heavy (non-hydrogen) atoms. The Labute approximate surface area is 119 Å². The van der Waals surface area contributed by atoms with Crippen LogP contribution < -0.4 is 4.74 Å². The van der Waals surface area contributed by atoms with Gasteiger partial charge in [0.25, 0.3) is 0 Å². The molecule has 3 rings (SSSR count). The second-order valence-electron chi connectivity index (χ2n) is 4.92. The number of ether oxygens (including phenoxy) is 1. The van der Waals surface area contributed by atoms with Gasteiger partial charge in [-0.15, -0.1) is 0 Å². The van der Waals surface area contributed by atoms with E-state index in [1.807, 2.05) is 24.3 Å². The summed E-state index contributed by atoms with van der Waals surface area (Å²) in [5.41, 5.74) is 5.21. The summed E-state index contributed by atoms with van der Waals surface area (Å²) >= 11 is 0. The number of rotatable bonds is 2. The summed E-state index contributed by atoms with van der Waals surface area (Å²) in [7, 11) is 1.66. The number of pyridine rings is 1. The van der Waals surface area contributed by atoms with Crippen LogP contribution in [0.3, 0.4) is 0 Å². The SMILES string of the molecule is [CH2]c1cc(-c2ccc(C)cc2)nc2ccc(OC)cc12. The highest BCUT2D eigenvalue weighted by Crippen LogP contribution is 2.27. The maximum absolute atomic E-state index is 5.25. The van der Waals surface area contributed by atoms with Crippen LogP contribution in [0.4, 0.5) is 0 Å². The standard InChI is InChI=1S/C18H16NO/c1-12-4-6-14(7-5-12)18-10-13(2)16-11-15(20-3)8-9-17(16)19-18/h4-11H,2H2,1,3H3. The Kier molecular flexibility index (Phi) is 3.15. The van der Waals surface area contributed by atoms with Gasteiger partial charge in [-0.05, 0) is 43.7 Å². The fourth-order valence-corrected chi connectivity index (χ4v) is 2.27. The van der Waals surface area contributed by atoms with Crippen LogP contribution in [0.1, 0.15) is 11.1 Å². The highest BCUT2D eigenvalue weighted by atomic mass is 16.5. The highest BCUT2D eigenvalue weighted by molar-refractivity contribution is 5.87. The molecule has 0 unspecified atom stereocenters. The summed E-state index contributed by atoms with van der Waals surface area (Å²) in [5.74, 6) is 0.826. The number of fused-ring (bicyclic) bond motifs is 1. The second kappa shape index (κ2) is 4.97. The van der Waals surface area contributed by atoms with Gasteiger partial charge < -0.3 is 4.74 Å². The molecule has 0 aliphatic rings. The van der Waals surface area contributed by atoms with Crippen LogP contribution in [0.2, 0.25) is 0 Å². The number of hydrogen-bond donors (Lipinski definition) is 0. The lowest BCUT2D eigenvalue weighted by atomic mass is 10.0. The zero-order chi connectivity index (χ0) is 14.1. The Morgan fingerprint density at radius 2 is 1.75 bits per heavy atom. The monoisotopic (exact) mass is 262 g/mol. The van der Waals surface area contributed by atoms with Crippen LogP contribution in [0.15, 0.2) is 48.5 Å². The molecular weight excluding hydrogens is 246 g/mol. The third kappa shape index (κ3) is 2.25. The van der Waals surface area contributed by atoms with Crippen LogP contribution in [-0.4, -0.2) is 12.1 Å². The lowest BCUT2D eigenvalue weighted by molar-refractivity contribution is 0.415. The number of nitrogens with zero attached hydrogens (tertiary/aromatic N) is 1. The normalized spacial score (nSPS) is 10.8. The van der Waals surface area contributed by atoms with E-state index < -0.39 is 0 Å². The molecule has 0 spiro atoms. The van der Waals surface area contributed by atoms with E-state index in [-0.39, 0.29) is 0 Å². The number of benzene rings is 2. The fourth-order valence-electron chi connectivity index (χ4n) is 2.27. The average molecular weight is 262 g/mol. The number of hydrogen-bond acceptors (Lipinski definition) is 2. The number of aromatic nitrogens is 1. The average Bonchev–Trinajstić information content (AvgIpc) is 2.47. The van der Waals surface area contributed by atoms with E-state index in [1.165, 1.54) is 5.56 Å². The van der Waals surface area contributed by atoms with Gasteiger partial charge >= 0.3 is 0 Å². The molecule has 0 bridgehead atoms. The Morgan fingerprint density at radius 3 is 2.45 bits per heavy atom. The molecule has 1 radical (unpaired) electrons. The van der Waals surface area contributed by atoms with Crippen molar-refractivity contribution >= 4 is 10.9 Å². The lowest BCUT2D eigenvalue weighted by Crippen LogP contribution is -1.90. The first-order valence-electron chi connectivity index (χ1n) is 6.55. The molecule has 2 heteroatoms. The van der Waals surface area contributed by atoms with Gasteiger partial charge in [0, 0.05) is 10.9 Å². The first-order valence-corrected chi connectivity index (χ1v) is 6.55. The van der Waals surface area contributed by atoms with Crippen molar-refractivity contribution in [2.24, 2.45) is 0 Å². The molecule has 0 amide bonds. The van der Waals surface area contributed by atoms with Crippen molar-refractivity contribution in [3.05, 3.63) is 66.6 Å². The minimum absolute atomic E-state index is 0.826. The van der Waals surface area contributed by atoms with Crippen LogP contribution in [0, 0.1) is 13.8 Å². The molecule has 99 valence electrons. The van der Waals surface area contributed by atoms with Gasteiger partial charge in [-0.3, -0.25) is 0 Å². The molecule has 0 aliphatic carbocycles. The van der Waals surface area contributed by atoms with Crippen LogP contribution in [0.5, 0.6) is 5.75 Å². The third-order valence-corrected chi connectivity index (χ3v) is 3.45. The maximum atomic E-state index is 5.25. The van der Waals surface area contributed by atoms with Crippen molar-refractivity contribution in [3.63, 3.8) is 0 Å². The first kappa shape index (κ1) is 12.7. The van der Waals surface area contributed by atoms with E-state index in [0.717, 1.165) is 33.5 Å². The third-order valence-electron chi connectivity index (χ3n) is 3.45. The molecule has 0 atom stereocenters. The fraction of sp³-hybridized carbons (Fsp3) is 0.111. The zero-order valence-electron chi connectivity index (χ0n) is 11.7. The smallest absolute Gasteiger partial charge is 0.119 e. The summed E-state index contributed by atoms with van der Waals surface area (Å²) in [4.78, 5) is 4.72. The first-order chi connectivity index (χ1) is 9.67. The molecule has 1 aromatic heterocycles. The van der Waals surface area contributed by atoms with E-state index in [9.17, 15) is 0 Å². The van der Waals surface area contributed by atoms with Crippen LogP contribution in [-0.2, 0) is 0 Å². The van der Waals surface area contributed by atoms with Crippen LogP contribution in [0.25, 0.3) is 22.2 Å². The predicted octanol–water partition coefficient (Wildman–Crippen LogP) is 4.40. The van der Waals surface area contributed by atoms with Gasteiger partial charge in [-0.1, -0.05) is 29.8 Å². The van der Waals surface area contributed by atoms with E-state index >= 15 is 0 Å². The summed E-state index contributed by atoms with van der Waals surface area (Å²) in [6, 6.07) is 16.3. The van der Waals surface area contributed by atoms with Gasteiger partial charge in [0.2, 0.25) is 0 Å². The minimum atomic E-state index is 0.826. The predicted molar refractivity (Wildman–Crippen MR) is 82.9 cm³/mol. The Balaban J connectivity index is 2.17. The van der Waals surface area contributed by atoms with Gasteiger partial charge in [0.05, 0.1) is 18.3 Å². The van der Waals surface area contributed by atoms with Crippen molar-refractivity contribution < 1.29 is 4.74 Å². The molecule has 0 fully saturated rings. The van der Waals surface area contributed by atoms with Crippen molar-refractivity contribution in [3.8, 4) is 17.0 Å². The molecule has 2 nitrogen and oxygen atoms in total. The van der Waals surface area contributed by atoms with E-state index in [2.05, 4.69) is 38.1 Å². The lowest BCUT2D eigenvalue weighted by Gasteiger charge is -2.08. The van der Waals surface area contributed by atoms with E-state index in [0.29, 0.717) is 0 Å². The van der Waals surface area contributed by atoms with Crippen LogP contribution >= 0.6 is 0 Å². The number of methoxy groups -OCH3 is 1. The van der Waals surface area contributed by atoms with Crippen molar-refractivity contribution in [1.82, 2.24) is 4.98 Å². The van der Waals surface area contributed by atoms with E-state index in [4.69, 9.17) is 9.72 Å². The Hall–Kier alpha value is -2.35. The van der Waals surface area contributed by atoms with Crippen molar-refractivity contribution in [1.29, 1.82) is 0 Å². The molecule has 0 saturated heterocycles. The molecule has 2 aromatic carbocycles. The number of aryl methyl sites for hydroxylation is 1. The van der Waals surface area contributed by atoms with Gasteiger partial charge in [0.1, 0.15) is 5.75 Å². The largest absolute Gasteiger partial charge is 0.497 e. The highest BCUT2D eigenvalue weighted by Gasteiger charge is 2.06. The van der Waals surface area contributed by atoms with Gasteiger partial charge in [-0.2, -0.15) is 0 Å². The summed E-state index contributed by atoms with van der Waals surface area (Å²) in [6.45, 7) is 6.21. The summed E-state index contributed by atoms with van der Waals surface area (Å²) in [5, 5.41) is 1.03. The Bertz CT molecular complexity index is 760. The zero-order valence-corrected chi connectivity index (χ0v) is 11.7. The minimum Gasteiger partial charge on any atom is -0.497 e. The second-order valence-corrected chi connectivity index (χ2v) is 4.92. The molecular formula is C18H16NO. The summed E-state index contributed by atoms with van der Waals surface area (Å²) in [6.07, 6.45) is 0. The molecule has 3 aromatic rings. The Morgan fingerprint density at radius 1 is 1.00 bits per heavy atom. The van der Waals surface area contributed by atoms with Crippen molar-refractivity contribution in [2.75, 3.05) is 7.11 Å². The maximum Gasteiger partial charge on any atom is 0.119 e.